The summed E-state index contributed by atoms with van der Waals surface area (Å²) in [6.45, 7) is 2.12. The summed E-state index contributed by atoms with van der Waals surface area (Å²) in [5.41, 5.74) is 0. The molecule has 0 aliphatic heterocycles. The summed E-state index contributed by atoms with van der Waals surface area (Å²) in [5, 5.41) is -1.18. The first-order valence-electron chi connectivity index (χ1n) is 8.55. The predicted molar refractivity (Wildman–Crippen MR) is 93.5 cm³/mol. The summed E-state index contributed by atoms with van der Waals surface area (Å²) in [5.74, 6) is -0.569. The van der Waals surface area contributed by atoms with E-state index in [9.17, 15) is 24.2 Å². The third-order valence-corrected chi connectivity index (χ3v) is 6.30. The maximum absolute atomic E-state index is 12.8. The van der Waals surface area contributed by atoms with Crippen LogP contribution in [0.5, 0.6) is 5.75 Å². The lowest BCUT2D eigenvalue weighted by molar-refractivity contribution is -0.140. The van der Waals surface area contributed by atoms with Gasteiger partial charge in [-0.25, -0.2) is 0 Å². The lowest BCUT2D eigenvalue weighted by Crippen LogP contribution is -2.25. The van der Waals surface area contributed by atoms with Gasteiger partial charge in [-0.3, -0.25) is 4.79 Å². The van der Waals surface area contributed by atoms with Gasteiger partial charge in [0, 0.05) is 6.07 Å². The molecule has 1 aliphatic carbocycles. The van der Waals surface area contributed by atoms with Crippen LogP contribution in [0.1, 0.15) is 51.9 Å². The molecule has 0 unspecified atom stereocenters. The fraction of sp³-hybridized carbons (Fsp3) is 0.588. The second kappa shape index (κ2) is 6.86. The zero-order valence-electron chi connectivity index (χ0n) is 14.3. The molecule has 0 amide bonds. The summed E-state index contributed by atoms with van der Waals surface area (Å²) in [6, 6.07) is 1.47. The molecule has 0 saturated heterocycles. The summed E-state index contributed by atoms with van der Waals surface area (Å²) < 4.78 is 69.2. The fourth-order valence-electron chi connectivity index (χ4n) is 3.24. The van der Waals surface area contributed by atoms with Gasteiger partial charge >= 0.3 is 16.2 Å². The van der Waals surface area contributed by atoms with E-state index in [2.05, 4.69) is 6.92 Å². The Bertz CT molecular complexity index is 670. The molecular formula is C17H22ClF5O2S. The number of carbonyl (C=O) groups is 1. The van der Waals surface area contributed by atoms with E-state index in [1.807, 2.05) is 0 Å². The number of hydrogen-bond acceptors (Lipinski definition) is 2. The van der Waals surface area contributed by atoms with Gasteiger partial charge in [-0.1, -0.05) is 57.2 Å². The largest absolute Gasteiger partial charge is 0.426 e. The van der Waals surface area contributed by atoms with Gasteiger partial charge < -0.3 is 4.74 Å². The van der Waals surface area contributed by atoms with Gasteiger partial charge in [-0.2, -0.15) is 0 Å². The molecule has 0 spiro atoms. The van der Waals surface area contributed by atoms with Crippen molar-refractivity contribution in [3.8, 4) is 5.75 Å². The van der Waals surface area contributed by atoms with E-state index in [0.29, 0.717) is 30.9 Å². The Morgan fingerprint density at radius 2 is 1.77 bits per heavy atom. The highest BCUT2D eigenvalue weighted by Gasteiger charge is 2.66. The van der Waals surface area contributed by atoms with E-state index >= 15 is 0 Å². The van der Waals surface area contributed by atoms with Gasteiger partial charge in [-0.05, 0) is 43.7 Å². The van der Waals surface area contributed by atoms with E-state index in [4.69, 9.17) is 16.3 Å². The third-order valence-electron chi connectivity index (χ3n) is 4.68. The molecule has 0 heterocycles. The maximum atomic E-state index is 12.8. The Balaban J connectivity index is 2.00. The zero-order valence-corrected chi connectivity index (χ0v) is 15.9. The van der Waals surface area contributed by atoms with Crippen molar-refractivity contribution in [2.24, 2.45) is 11.8 Å². The molecule has 9 heteroatoms. The topological polar surface area (TPSA) is 26.3 Å². The second-order valence-electron chi connectivity index (χ2n) is 6.84. The third kappa shape index (κ3) is 5.74. The fourth-order valence-corrected chi connectivity index (χ4v) is 4.60. The van der Waals surface area contributed by atoms with Crippen LogP contribution in [0.3, 0.4) is 0 Å². The monoisotopic (exact) mass is 420 g/mol. The minimum absolute atomic E-state index is 0.161. The molecule has 1 saturated carbocycles. The SMILES string of the molecule is CCCC[C@H]1CC[C@H](C(=O)Oc2ccc(S(F)(F)(F)(F)F)c(Cl)c2)CC1. The quantitative estimate of drug-likeness (QED) is 0.265. The summed E-state index contributed by atoms with van der Waals surface area (Å²) in [7, 11) is -9.88. The summed E-state index contributed by atoms with van der Waals surface area (Å²) in [6.07, 6.45) is 6.53. The van der Waals surface area contributed by atoms with Crippen LogP contribution in [0.15, 0.2) is 23.1 Å². The van der Waals surface area contributed by atoms with E-state index < -0.39 is 26.1 Å². The van der Waals surface area contributed by atoms with Crippen LogP contribution < -0.4 is 4.74 Å². The van der Waals surface area contributed by atoms with E-state index in [0.717, 1.165) is 32.1 Å². The van der Waals surface area contributed by atoms with Crippen molar-refractivity contribution in [3.05, 3.63) is 23.2 Å². The van der Waals surface area contributed by atoms with Crippen molar-refractivity contribution in [2.45, 2.75) is 56.8 Å². The molecule has 0 atom stereocenters. The minimum atomic E-state index is -9.88. The lowest BCUT2D eigenvalue weighted by Gasteiger charge is -2.41. The Hall–Kier alpha value is -1.02. The summed E-state index contributed by atoms with van der Waals surface area (Å²) >= 11 is 5.37. The zero-order chi connectivity index (χ0) is 19.7. The minimum Gasteiger partial charge on any atom is -0.426 e. The lowest BCUT2D eigenvalue weighted by atomic mass is 9.80. The Labute approximate surface area is 154 Å². The van der Waals surface area contributed by atoms with Gasteiger partial charge in [0.2, 0.25) is 0 Å². The highest BCUT2D eigenvalue weighted by molar-refractivity contribution is 8.45. The molecule has 0 bridgehead atoms. The van der Waals surface area contributed by atoms with Crippen LogP contribution in [0.25, 0.3) is 0 Å². The number of hydrogen-bond donors (Lipinski definition) is 0. The number of rotatable bonds is 6. The smallest absolute Gasteiger partial charge is 0.314 e. The normalized spacial score (nSPS) is 23.8. The Morgan fingerprint density at radius 1 is 1.15 bits per heavy atom. The molecule has 150 valence electrons. The Morgan fingerprint density at radius 3 is 2.27 bits per heavy atom. The molecule has 1 fully saturated rings. The van der Waals surface area contributed by atoms with E-state index in [-0.39, 0.29) is 17.7 Å². The van der Waals surface area contributed by atoms with Crippen LogP contribution in [-0.4, -0.2) is 5.97 Å². The number of ether oxygens (including phenoxy) is 1. The number of halogens is 6. The van der Waals surface area contributed by atoms with Crippen molar-refractivity contribution < 1.29 is 29.0 Å². The van der Waals surface area contributed by atoms with Gasteiger partial charge in [0.05, 0.1) is 10.9 Å². The highest BCUT2D eigenvalue weighted by Crippen LogP contribution is 3.02. The number of carbonyl (C=O) groups excluding carboxylic acids is 1. The van der Waals surface area contributed by atoms with Crippen molar-refractivity contribution in [3.63, 3.8) is 0 Å². The van der Waals surface area contributed by atoms with Gasteiger partial charge in [-0.15, -0.1) is 0 Å². The number of benzene rings is 1. The second-order valence-corrected chi connectivity index (χ2v) is 9.63. The predicted octanol–water partition coefficient (Wildman–Crippen LogP) is 7.90. The molecule has 2 rings (SSSR count). The first kappa shape index (κ1) is 21.3. The molecule has 1 aromatic carbocycles. The first-order chi connectivity index (χ1) is 11.8. The number of esters is 1. The maximum Gasteiger partial charge on any atom is 0.314 e. The first-order valence-corrected chi connectivity index (χ1v) is 10.9. The molecule has 2 nitrogen and oxygen atoms in total. The molecule has 1 aliphatic rings. The van der Waals surface area contributed by atoms with E-state index in [1.165, 1.54) is 0 Å². The Kier molecular flexibility index (Phi) is 5.61. The molecule has 26 heavy (non-hydrogen) atoms. The van der Waals surface area contributed by atoms with Gasteiger partial charge in [0.15, 0.2) is 0 Å². The van der Waals surface area contributed by atoms with Crippen molar-refractivity contribution in [1.82, 2.24) is 0 Å². The van der Waals surface area contributed by atoms with Crippen molar-refractivity contribution >= 4 is 27.8 Å². The van der Waals surface area contributed by atoms with Crippen LogP contribution in [0, 0.1) is 11.8 Å². The molecule has 0 radical (unpaired) electrons. The molecule has 0 aromatic heterocycles. The van der Waals surface area contributed by atoms with Crippen LogP contribution in [0.4, 0.5) is 19.4 Å². The van der Waals surface area contributed by atoms with Crippen molar-refractivity contribution in [1.29, 1.82) is 0 Å². The van der Waals surface area contributed by atoms with Crippen molar-refractivity contribution in [2.75, 3.05) is 0 Å². The summed E-state index contributed by atoms with van der Waals surface area (Å²) in [4.78, 5) is 10.0. The standard InChI is InChI=1S/C17H22ClF5O2S/c1-2-3-4-12-5-7-13(8-6-12)17(24)25-14-9-10-16(15(18)11-14)26(19,20,21,22)23/h9-13H,2-8H2,1H3/t12-,13-. The van der Waals surface area contributed by atoms with E-state index in [1.54, 1.807) is 0 Å². The average molecular weight is 421 g/mol. The molecule has 0 N–H and O–H groups in total. The molecular weight excluding hydrogens is 399 g/mol. The molecule has 1 aromatic rings. The van der Waals surface area contributed by atoms with Crippen LogP contribution >= 0.6 is 21.8 Å². The van der Waals surface area contributed by atoms with Gasteiger partial charge in [0.25, 0.3) is 0 Å². The van der Waals surface area contributed by atoms with Gasteiger partial charge in [0.1, 0.15) is 10.6 Å². The van der Waals surface area contributed by atoms with Crippen LogP contribution in [-0.2, 0) is 4.79 Å². The average Bonchev–Trinajstić information content (AvgIpc) is 2.50. The highest BCUT2D eigenvalue weighted by atomic mass is 35.5. The van der Waals surface area contributed by atoms with Crippen LogP contribution in [0.2, 0.25) is 5.02 Å². The number of unbranched alkanes of at least 4 members (excludes halogenated alkanes) is 1.